The topological polar surface area (TPSA) is 46.2 Å². The highest BCUT2D eigenvalue weighted by atomic mass is 32.1. The summed E-state index contributed by atoms with van der Waals surface area (Å²) in [5.74, 6) is 0. The molecule has 20 rings (SSSR count). The molecule has 15 aliphatic carbocycles. The number of halogens is 5. The Morgan fingerprint density at radius 1 is 0.200 bits per heavy atom. The summed E-state index contributed by atoms with van der Waals surface area (Å²) >= 11 is 22.0. The van der Waals surface area contributed by atoms with E-state index in [1.165, 1.54) is 220 Å². The molecule has 0 unspecified atom stereocenters. The lowest BCUT2D eigenvalue weighted by Crippen LogP contribution is -2.49. The van der Waals surface area contributed by atoms with Crippen LogP contribution < -0.4 is 0 Å². The average Bonchev–Trinajstić information content (AvgIpc) is 0.783. The first-order valence-corrected chi connectivity index (χ1v) is 40.3. The van der Waals surface area contributed by atoms with E-state index < -0.39 is 0 Å². The molecule has 0 amide bonds. The van der Waals surface area contributed by atoms with Crippen molar-refractivity contribution in [3.05, 3.63) is 149 Å². The normalized spacial score (nSPS) is 31.9. The van der Waals surface area contributed by atoms with Gasteiger partial charge in [-0.2, -0.15) is 0 Å². The number of hydrogen-bond donors (Lipinski definition) is 5. The maximum Gasteiger partial charge on any atom is 0.0683 e. The van der Waals surface area contributed by atoms with Gasteiger partial charge in [0, 0.05) is 57.5 Å². The molecule has 15 saturated carbocycles. The van der Waals surface area contributed by atoms with Crippen LogP contribution in [0, 0.1) is 0 Å². The lowest BCUT2D eigenvalue weighted by molar-refractivity contribution is -0.118. The van der Waals surface area contributed by atoms with Crippen molar-refractivity contribution in [2.75, 3.05) is 33.0 Å². The van der Waals surface area contributed by atoms with E-state index in [-0.39, 0.29) is 51.5 Å². The van der Waals surface area contributed by atoms with Crippen LogP contribution in [0.3, 0.4) is 0 Å². The minimum Gasteiger partial charge on any atom is -0.375 e. The molecule has 100 heavy (non-hydrogen) atoms. The van der Waals surface area contributed by atoms with Crippen molar-refractivity contribution in [3.8, 4) is 0 Å². The third-order valence-electron chi connectivity index (χ3n) is 26.3. The van der Waals surface area contributed by atoms with Crippen LogP contribution in [-0.4, -0.2) is 61.0 Å². The number of fused-ring (bicyclic) bond motifs is 15. The van der Waals surface area contributed by atoms with E-state index in [0.717, 1.165) is 89.6 Å². The average molecular weight is 1480 g/mol. The Labute approximate surface area is 627 Å². The number of hydrogen-bond acceptors (Lipinski definition) is 10. The number of benzene rings is 5. The summed E-state index contributed by atoms with van der Waals surface area (Å²) in [4.78, 5) is 5.31. The van der Waals surface area contributed by atoms with Gasteiger partial charge in [-0.25, -0.2) is 0 Å². The van der Waals surface area contributed by atoms with Crippen LogP contribution >= 0.6 is 63.1 Å². The third kappa shape index (κ3) is 19.7. The summed E-state index contributed by atoms with van der Waals surface area (Å²) < 4.78 is 31.0. The summed E-state index contributed by atoms with van der Waals surface area (Å²) in [5.41, 5.74) is 10.9. The summed E-state index contributed by atoms with van der Waals surface area (Å²) in [7, 11) is 0. The molecule has 15 aliphatic rings. The molecule has 15 fully saturated rings. The van der Waals surface area contributed by atoms with Crippen LogP contribution in [0.5, 0.6) is 0 Å². The molecule has 5 aromatic rings. The maximum atomic E-state index is 6.19. The summed E-state index contributed by atoms with van der Waals surface area (Å²) in [6.07, 6.45) is 43.8. The molecule has 0 aliphatic heterocycles. The Morgan fingerprint density at radius 3 is 0.410 bits per heavy atom. The first-order chi connectivity index (χ1) is 45.9. The van der Waals surface area contributed by atoms with Gasteiger partial charge in [-0.1, -0.05) is 95.3 Å². The zero-order chi connectivity index (χ0) is 66.7. The molecule has 10 bridgehead atoms. The minimum atomic E-state index is 0. The quantitative estimate of drug-likeness (QED) is 0.0397. The van der Waals surface area contributed by atoms with Crippen LogP contribution in [0.2, 0.25) is 0 Å². The molecule has 15 heteroatoms. The highest BCUT2D eigenvalue weighted by Crippen LogP contribution is 2.60. The molecule has 5 aromatic carbocycles. The molecular weight excluding hydrogens is 1360 g/mol. The first-order valence-electron chi connectivity index (χ1n) is 38.1. The highest BCUT2D eigenvalue weighted by Gasteiger charge is 2.54. The number of thiol groups is 5. The molecule has 0 radical (unpaired) electrons. The molecule has 0 heterocycles. The molecule has 0 N–H and O–H groups in total. The Morgan fingerprint density at radius 2 is 0.310 bits per heavy atom. The van der Waals surface area contributed by atoms with Crippen molar-refractivity contribution in [2.24, 2.45) is 0 Å². The predicted molar refractivity (Wildman–Crippen MR) is 423 cm³/mol. The van der Waals surface area contributed by atoms with Gasteiger partial charge in [0.2, 0.25) is 0 Å². The monoisotopic (exact) mass is 1480 g/mol. The van der Waals surface area contributed by atoms with Gasteiger partial charge in [-0.3, -0.25) is 23.5 Å². The largest absolute Gasteiger partial charge is 0.375 e. The van der Waals surface area contributed by atoms with E-state index in [0.29, 0.717) is 27.1 Å². The summed E-state index contributed by atoms with van der Waals surface area (Å²) in [6.45, 7) is 15.7. The van der Waals surface area contributed by atoms with E-state index in [4.69, 9.17) is 23.7 Å². The number of rotatable bonds is 20. The standard InChI is InChI=1S/5C17H24OS.5FH/c5*1-2-13-18-17-10-7-16(8-11-17,9-12-17)14-3-5-15(19)6-4-14;;;;;/h5*3-6,19H,2,7-13H2,1H3;5*1H. The van der Waals surface area contributed by atoms with Crippen molar-refractivity contribution >= 4 is 63.1 Å². The van der Waals surface area contributed by atoms with Crippen LogP contribution in [0.4, 0.5) is 23.5 Å². The van der Waals surface area contributed by atoms with Crippen molar-refractivity contribution in [2.45, 2.75) is 339 Å². The first kappa shape index (κ1) is 86.2. The van der Waals surface area contributed by atoms with Gasteiger partial charge in [-0.15, -0.1) is 63.1 Å². The van der Waals surface area contributed by atoms with Gasteiger partial charge in [0.1, 0.15) is 0 Å². The second-order valence-electron chi connectivity index (χ2n) is 31.8. The Kier molecular flexibility index (Phi) is 32.5. The van der Waals surface area contributed by atoms with Gasteiger partial charge in [-0.05, 0) is 340 Å². The van der Waals surface area contributed by atoms with Crippen LogP contribution in [-0.2, 0) is 50.8 Å². The Bertz CT molecular complexity index is 2590. The smallest absolute Gasteiger partial charge is 0.0683 e. The lowest BCUT2D eigenvalue weighted by atomic mass is 9.56. The molecule has 0 saturated heterocycles. The summed E-state index contributed by atoms with van der Waals surface area (Å²) in [6, 6.07) is 44.2. The molecule has 5 nitrogen and oxygen atoms in total. The molecule has 0 atom stereocenters. The second-order valence-corrected chi connectivity index (χ2v) is 34.4. The Balaban J connectivity index is 0.000000194. The molecule has 0 spiro atoms. The second kappa shape index (κ2) is 37.7. The zero-order valence-corrected chi connectivity index (χ0v) is 65.6. The molecule has 0 aromatic heterocycles. The Hall–Kier alpha value is -2.70. The van der Waals surface area contributed by atoms with Gasteiger partial charge in [0.15, 0.2) is 0 Å². The highest BCUT2D eigenvalue weighted by molar-refractivity contribution is 7.81. The van der Waals surface area contributed by atoms with E-state index in [1.807, 2.05) is 0 Å². The van der Waals surface area contributed by atoms with Crippen LogP contribution in [0.1, 0.15) is 287 Å². The van der Waals surface area contributed by atoms with Crippen molar-refractivity contribution in [1.82, 2.24) is 0 Å². The fourth-order valence-electron chi connectivity index (χ4n) is 19.7. The van der Waals surface area contributed by atoms with Crippen molar-refractivity contribution < 1.29 is 47.2 Å². The maximum absolute atomic E-state index is 6.19. The molecular formula is C85H125F5O5S5. The summed E-state index contributed by atoms with van der Waals surface area (Å²) in [5, 5.41) is 0. The fraction of sp³-hybridized carbons (Fsp3) is 0.647. The molecule has 560 valence electrons. The van der Waals surface area contributed by atoms with E-state index in [9.17, 15) is 0 Å². The number of ether oxygens (including phenoxy) is 5. The van der Waals surface area contributed by atoms with Crippen molar-refractivity contribution in [1.29, 1.82) is 0 Å². The van der Waals surface area contributed by atoms with Gasteiger partial charge >= 0.3 is 0 Å². The third-order valence-corrected chi connectivity index (χ3v) is 27.8. The van der Waals surface area contributed by atoms with E-state index in [2.05, 4.69) is 219 Å². The van der Waals surface area contributed by atoms with E-state index >= 15 is 0 Å². The van der Waals surface area contributed by atoms with E-state index in [1.54, 1.807) is 0 Å². The SMILES string of the molecule is CCCOC12CCC(c3ccc(S)cc3)(CC1)CC2.CCCOC12CCC(c3ccc(S)cc3)(CC1)CC2.CCCOC12CCC(c3ccc(S)cc3)(CC1)CC2.CCCOC12CCC(c3ccc(S)cc3)(CC1)CC2.CCCOC12CCC(c3ccc(S)cc3)(CC1)CC2.F.F.F.F.F. The van der Waals surface area contributed by atoms with Gasteiger partial charge < -0.3 is 23.7 Å². The lowest BCUT2D eigenvalue weighted by Gasteiger charge is -2.53. The van der Waals surface area contributed by atoms with Gasteiger partial charge in [0.05, 0.1) is 28.0 Å². The van der Waals surface area contributed by atoms with Crippen molar-refractivity contribution in [3.63, 3.8) is 0 Å². The predicted octanol–water partition coefficient (Wildman–Crippen LogP) is 24.5. The van der Waals surface area contributed by atoms with Gasteiger partial charge in [0.25, 0.3) is 0 Å². The zero-order valence-electron chi connectivity index (χ0n) is 61.1. The van der Waals surface area contributed by atoms with Crippen LogP contribution in [0.15, 0.2) is 146 Å². The minimum absolute atomic E-state index is 0. The fourth-order valence-corrected chi connectivity index (χ4v) is 20.4. The van der Waals surface area contributed by atoms with Crippen LogP contribution in [0.25, 0.3) is 0 Å².